The Bertz CT molecular complexity index is 549. The molecule has 0 radical (unpaired) electrons. The van der Waals surface area contributed by atoms with Gasteiger partial charge in [-0.05, 0) is 5.56 Å². The Kier molecular flexibility index (Phi) is 3.59. The summed E-state index contributed by atoms with van der Waals surface area (Å²) in [5.74, 6) is 0.547. The molecule has 0 unspecified atom stereocenters. The van der Waals surface area contributed by atoms with Crippen molar-refractivity contribution in [2.75, 3.05) is 0 Å². The highest BCUT2D eigenvalue weighted by molar-refractivity contribution is 6.29. The van der Waals surface area contributed by atoms with Gasteiger partial charge in [0.2, 0.25) is 0 Å². The second-order valence-corrected chi connectivity index (χ2v) is 3.78. The van der Waals surface area contributed by atoms with Crippen molar-refractivity contribution in [1.82, 2.24) is 4.98 Å². The molecule has 84 valence electrons. The Hall–Kier alpha value is -2.05. The third-order valence-corrected chi connectivity index (χ3v) is 2.32. The molecule has 3 nitrogen and oxygen atoms in total. The fourth-order valence-corrected chi connectivity index (χ4v) is 1.55. The lowest BCUT2D eigenvalue weighted by molar-refractivity contribution is 0.306. The van der Waals surface area contributed by atoms with Crippen molar-refractivity contribution in [3.8, 4) is 11.8 Å². The minimum Gasteiger partial charge on any atom is -0.489 e. The van der Waals surface area contributed by atoms with Crippen molar-refractivity contribution in [3.63, 3.8) is 0 Å². The van der Waals surface area contributed by atoms with Crippen molar-refractivity contribution >= 4 is 11.6 Å². The molecule has 0 saturated carbocycles. The molecule has 0 N–H and O–H groups in total. The van der Waals surface area contributed by atoms with E-state index in [0.29, 0.717) is 12.4 Å². The van der Waals surface area contributed by atoms with Crippen LogP contribution in [0.1, 0.15) is 11.3 Å². The standard InChI is InChI=1S/C13H9ClN2O/c14-13-7-12(6-11(8-15)16-13)17-9-10-4-2-1-3-5-10/h1-7H,9H2. The first-order valence-corrected chi connectivity index (χ1v) is 5.40. The van der Waals surface area contributed by atoms with Gasteiger partial charge in [-0.1, -0.05) is 41.9 Å². The van der Waals surface area contributed by atoms with Crippen LogP contribution >= 0.6 is 11.6 Å². The molecule has 0 aliphatic carbocycles. The van der Waals surface area contributed by atoms with Crippen molar-refractivity contribution < 1.29 is 4.74 Å². The largest absolute Gasteiger partial charge is 0.489 e. The Labute approximate surface area is 104 Å². The summed E-state index contributed by atoms with van der Waals surface area (Å²) in [6.07, 6.45) is 0. The SMILES string of the molecule is N#Cc1cc(OCc2ccccc2)cc(Cl)n1. The average molecular weight is 245 g/mol. The monoisotopic (exact) mass is 244 g/mol. The maximum Gasteiger partial charge on any atom is 0.145 e. The summed E-state index contributed by atoms with van der Waals surface area (Å²) in [6.45, 7) is 0.437. The number of pyridine rings is 1. The van der Waals surface area contributed by atoms with E-state index < -0.39 is 0 Å². The second-order valence-electron chi connectivity index (χ2n) is 3.40. The number of hydrogen-bond donors (Lipinski definition) is 0. The van der Waals surface area contributed by atoms with Gasteiger partial charge < -0.3 is 4.74 Å². The number of nitrogens with zero attached hydrogens (tertiary/aromatic N) is 2. The zero-order valence-corrected chi connectivity index (χ0v) is 9.69. The highest BCUT2D eigenvalue weighted by Crippen LogP contribution is 2.18. The van der Waals surface area contributed by atoms with Gasteiger partial charge in [0, 0.05) is 12.1 Å². The van der Waals surface area contributed by atoms with E-state index in [-0.39, 0.29) is 10.8 Å². The maximum absolute atomic E-state index is 8.75. The number of benzene rings is 1. The van der Waals surface area contributed by atoms with E-state index in [4.69, 9.17) is 21.6 Å². The lowest BCUT2D eigenvalue weighted by Crippen LogP contribution is -1.96. The van der Waals surface area contributed by atoms with Crippen LogP contribution in [-0.4, -0.2) is 4.98 Å². The quantitative estimate of drug-likeness (QED) is 0.779. The molecule has 0 saturated heterocycles. The molecule has 0 fully saturated rings. The number of rotatable bonds is 3. The number of hydrogen-bond acceptors (Lipinski definition) is 3. The molecule has 4 heteroatoms. The van der Waals surface area contributed by atoms with Gasteiger partial charge in [0.05, 0.1) is 0 Å². The summed E-state index contributed by atoms with van der Waals surface area (Å²) in [7, 11) is 0. The fraction of sp³-hybridized carbons (Fsp3) is 0.0769. The summed E-state index contributed by atoms with van der Waals surface area (Å²) in [4.78, 5) is 3.83. The van der Waals surface area contributed by atoms with Crippen molar-refractivity contribution in [1.29, 1.82) is 5.26 Å². The zero-order chi connectivity index (χ0) is 12.1. The van der Waals surface area contributed by atoms with E-state index >= 15 is 0 Å². The normalized spacial score (nSPS) is 9.65. The molecule has 0 aliphatic heterocycles. The van der Waals surface area contributed by atoms with Crippen LogP contribution in [0.2, 0.25) is 5.15 Å². The smallest absolute Gasteiger partial charge is 0.145 e. The molecule has 2 rings (SSSR count). The van der Waals surface area contributed by atoms with E-state index in [1.165, 1.54) is 0 Å². The highest BCUT2D eigenvalue weighted by Gasteiger charge is 2.02. The van der Waals surface area contributed by atoms with Crippen LogP contribution in [0.3, 0.4) is 0 Å². The number of aromatic nitrogens is 1. The van der Waals surface area contributed by atoms with Gasteiger partial charge in [-0.15, -0.1) is 0 Å². The summed E-state index contributed by atoms with van der Waals surface area (Å²) >= 11 is 5.77. The number of halogens is 1. The summed E-state index contributed by atoms with van der Waals surface area (Å²) in [5.41, 5.74) is 1.31. The lowest BCUT2D eigenvalue weighted by atomic mass is 10.2. The van der Waals surface area contributed by atoms with Gasteiger partial charge in [-0.2, -0.15) is 5.26 Å². The van der Waals surface area contributed by atoms with Crippen LogP contribution in [0.25, 0.3) is 0 Å². The fourth-order valence-electron chi connectivity index (χ4n) is 1.35. The second kappa shape index (κ2) is 5.33. The van der Waals surface area contributed by atoms with Crippen LogP contribution < -0.4 is 4.74 Å². The van der Waals surface area contributed by atoms with Gasteiger partial charge >= 0.3 is 0 Å². The molecule has 17 heavy (non-hydrogen) atoms. The predicted molar refractivity (Wildman–Crippen MR) is 64.7 cm³/mol. The van der Waals surface area contributed by atoms with Crippen molar-refractivity contribution in [2.24, 2.45) is 0 Å². The Morgan fingerprint density at radius 3 is 2.71 bits per heavy atom. The average Bonchev–Trinajstić information content (AvgIpc) is 2.37. The third-order valence-electron chi connectivity index (χ3n) is 2.13. The van der Waals surface area contributed by atoms with E-state index in [1.54, 1.807) is 12.1 Å². The first kappa shape index (κ1) is 11.4. The van der Waals surface area contributed by atoms with Gasteiger partial charge in [0.25, 0.3) is 0 Å². The Balaban J connectivity index is 2.10. The van der Waals surface area contributed by atoms with Crippen LogP contribution in [0.5, 0.6) is 5.75 Å². The van der Waals surface area contributed by atoms with E-state index in [1.807, 2.05) is 36.4 Å². The van der Waals surface area contributed by atoms with Gasteiger partial charge in [0.1, 0.15) is 29.3 Å². The Morgan fingerprint density at radius 2 is 2.00 bits per heavy atom. The molecule has 1 aromatic heterocycles. The molecular weight excluding hydrogens is 236 g/mol. The summed E-state index contributed by atoms with van der Waals surface area (Å²) in [6, 6.07) is 14.8. The minimum absolute atomic E-state index is 0.251. The topological polar surface area (TPSA) is 45.9 Å². The molecule has 0 aliphatic rings. The predicted octanol–water partition coefficient (Wildman–Crippen LogP) is 3.19. The first-order valence-electron chi connectivity index (χ1n) is 5.02. The maximum atomic E-state index is 8.75. The lowest BCUT2D eigenvalue weighted by Gasteiger charge is -2.06. The number of nitriles is 1. The molecular formula is C13H9ClN2O. The van der Waals surface area contributed by atoms with Crippen LogP contribution in [0.15, 0.2) is 42.5 Å². The molecule has 2 aromatic rings. The van der Waals surface area contributed by atoms with Crippen molar-refractivity contribution in [3.05, 3.63) is 58.9 Å². The zero-order valence-electron chi connectivity index (χ0n) is 8.93. The van der Waals surface area contributed by atoms with Gasteiger partial charge in [-0.3, -0.25) is 0 Å². The first-order chi connectivity index (χ1) is 8.28. The molecule has 0 amide bonds. The third kappa shape index (κ3) is 3.20. The van der Waals surface area contributed by atoms with Crippen LogP contribution in [0.4, 0.5) is 0 Å². The molecule has 0 atom stereocenters. The summed E-state index contributed by atoms with van der Waals surface area (Å²) < 4.78 is 5.54. The van der Waals surface area contributed by atoms with E-state index in [0.717, 1.165) is 5.56 Å². The van der Waals surface area contributed by atoms with Crippen molar-refractivity contribution in [2.45, 2.75) is 6.61 Å². The number of ether oxygens (including phenoxy) is 1. The molecule has 0 spiro atoms. The summed E-state index contributed by atoms with van der Waals surface area (Å²) in [5, 5.41) is 9.00. The highest BCUT2D eigenvalue weighted by atomic mass is 35.5. The van der Waals surface area contributed by atoms with E-state index in [9.17, 15) is 0 Å². The molecule has 1 heterocycles. The van der Waals surface area contributed by atoms with E-state index in [2.05, 4.69) is 4.98 Å². The van der Waals surface area contributed by atoms with Crippen LogP contribution in [-0.2, 0) is 6.61 Å². The van der Waals surface area contributed by atoms with Gasteiger partial charge in [-0.25, -0.2) is 4.98 Å². The minimum atomic E-state index is 0.251. The van der Waals surface area contributed by atoms with Crippen LogP contribution in [0, 0.1) is 11.3 Å². The molecule has 0 bridgehead atoms. The Morgan fingerprint density at radius 1 is 1.24 bits per heavy atom. The molecule has 1 aromatic carbocycles. The van der Waals surface area contributed by atoms with Gasteiger partial charge in [0.15, 0.2) is 0 Å².